The second-order valence-electron chi connectivity index (χ2n) is 2.87. The van der Waals surface area contributed by atoms with E-state index in [4.69, 9.17) is 11.1 Å². The monoisotopic (exact) mass is 458 g/mol. The molecular formula is C9H8Br2N4S4. The molecule has 0 amide bonds. The molecule has 0 aliphatic heterocycles. The zero-order valence-electron chi connectivity index (χ0n) is 9.52. The molecule has 4 nitrogen and oxygen atoms in total. The van der Waals surface area contributed by atoms with Gasteiger partial charge in [0.1, 0.15) is 21.4 Å². The van der Waals surface area contributed by atoms with Crippen molar-refractivity contribution in [3.05, 3.63) is 30.0 Å². The predicted octanol–water partition coefficient (Wildman–Crippen LogP) is 4.13. The number of halogens is 2. The number of aromatic nitrogens is 2. The minimum absolute atomic E-state index is 0.344. The van der Waals surface area contributed by atoms with Gasteiger partial charge in [0.25, 0.3) is 0 Å². The molecule has 0 saturated carbocycles. The van der Waals surface area contributed by atoms with Crippen LogP contribution in [0.5, 0.6) is 0 Å². The molecule has 10 heteroatoms. The summed E-state index contributed by atoms with van der Waals surface area (Å²) >= 11 is 15.5. The van der Waals surface area contributed by atoms with Gasteiger partial charge in [0.05, 0.1) is 0 Å². The van der Waals surface area contributed by atoms with Gasteiger partial charge >= 0.3 is 0 Å². The van der Waals surface area contributed by atoms with Crippen molar-refractivity contribution in [3.8, 4) is 0 Å². The average molecular weight is 460 g/mol. The molecule has 0 atom stereocenters. The summed E-state index contributed by atoms with van der Waals surface area (Å²) in [7, 11) is 0. The minimum Gasteiger partial charge on any atom is -0.388 e. The maximum atomic E-state index is 7.38. The van der Waals surface area contributed by atoms with Crippen molar-refractivity contribution in [2.75, 3.05) is 6.26 Å². The Labute approximate surface area is 145 Å². The first-order valence-corrected chi connectivity index (χ1v) is 9.56. The Morgan fingerprint density at radius 1 is 1.26 bits per heavy atom. The van der Waals surface area contributed by atoms with E-state index in [9.17, 15) is 0 Å². The lowest BCUT2D eigenvalue weighted by atomic mass is 10.5. The van der Waals surface area contributed by atoms with Crippen LogP contribution in [0.25, 0.3) is 0 Å². The van der Waals surface area contributed by atoms with E-state index in [1.807, 2.05) is 17.0 Å². The van der Waals surface area contributed by atoms with E-state index in [0.29, 0.717) is 15.7 Å². The van der Waals surface area contributed by atoms with Crippen LogP contribution in [-0.4, -0.2) is 26.3 Å². The van der Waals surface area contributed by atoms with Crippen LogP contribution in [0.15, 0.2) is 18.6 Å². The molecule has 0 radical (unpaired) electrons. The highest BCUT2D eigenvalue weighted by Gasteiger charge is 2.02. The van der Waals surface area contributed by atoms with Crippen molar-refractivity contribution in [1.29, 1.82) is 5.41 Å². The Morgan fingerprint density at radius 2 is 1.74 bits per heavy atom. The van der Waals surface area contributed by atoms with E-state index >= 15 is 0 Å². The summed E-state index contributed by atoms with van der Waals surface area (Å²) in [4.78, 5) is 8.39. The lowest BCUT2D eigenvalue weighted by Gasteiger charge is -1.89. The Morgan fingerprint density at radius 3 is 2.00 bits per heavy atom. The number of nitrogens with zero attached hydrogens (tertiary/aromatic N) is 2. The highest BCUT2D eigenvalue weighted by atomic mass is 79.9. The van der Waals surface area contributed by atoms with Gasteiger partial charge in [0, 0.05) is 10.8 Å². The van der Waals surface area contributed by atoms with Crippen molar-refractivity contribution in [2.45, 2.75) is 0 Å². The topological polar surface area (TPSA) is 75.7 Å². The molecule has 0 aliphatic rings. The van der Waals surface area contributed by atoms with Gasteiger partial charge in [-0.2, -0.15) is 0 Å². The number of thiazole rings is 2. The summed E-state index contributed by atoms with van der Waals surface area (Å²) in [5, 5.41) is 11.6. The number of thiocarbonyl (C=S) groups is 1. The molecule has 0 unspecified atom stereocenters. The maximum Gasteiger partial charge on any atom is 0.159 e. The fraction of sp³-hybridized carbons (Fsp3) is 0.111. The van der Waals surface area contributed by atoms with Crippen molar-refractivity contribution in [1.82, 2.24) is 9.97 Å². The van der Waals surface area contributed by atoms with E-state index in [1.165, 1.54) is 34.4 Å². The molecule has 102 valence electrons. The summed E-state index contributed by atoms with van der Waals surface area (Å²) < 4.78 is 1.65. The van der Waals surface area contributed by atoms with Crippen LogP contribution < -0.4 is 5.73 Å². The Balaban J connectivity index is 0.000000191. The van der Waals surface area contributed by atoms with Crippen molar-refractivity contribution in [3.63, 3.8) is 0 Å². The molecule has 0 aromatic carbocycles. The van der Waals surface area contributed by atoms with Crippen LogP contribution in [0, 0.1) is 5.41 Å². The molecule has 2 heterocycles. The average Bonchev–Trinajstić information content (AvgIpc) is 2.98. The SMILES string of the molecule is CSC(=N)c1csc(Br)n1.NC(=S)c1csc(Br)n1. The number of thioether (sulfide) groups is 1. The van der Waals surface area contributed by atoms with Crippen LogP contribution in [0.1, 0.15) is 11.4 Å². The lowest BCUT2D eigenvalue weighted by molar-refractivity contribution is 1.33. The third kappa shape index (κ3) is 5.96. The smallest absolute Gasteiger partial charge is 0.159 e. The number of nitrogens with two attached hydrogens (primary N) is 1. The fourth-order valence-electron chi connectivity index (χ4n) is 0.826. The normalized spacial score (nSPS) is 9.63. The molecule has 19 heavy (non-hydrogen) atoms. The molecule has 2 aromatic rings. The van der Waals surface area contributed by atoms with Crippen LogP contribution in [0.2, 0.25) is 0 Å². The Bertz CT molecular complexity index is 580. The molecule has 2 aromatic heterocycles. The number of hydrogen-bond donors (Lipinski definition) is 2. The number of rotatable bonds is 2. The zero-order valence-corrected chi connectivity index (χ0v) is 16.0. The second-order valence-corrected chi connectivity index (χ2v) is 8.39. The number of nitrogens with one attached hydrogen (secondary N) is 1. The maximum absolute atomic E-state index is 7.38. The van der Waals surface area contributed by atoms with E-state index in [2.05, 4.69) is 54.0 Å². The molecule has 0 saturated heterocycles. The molecule has 0 bridgehead atoms. The van der Waals surface area contributed by atoms with Gasteiger partial charge in [-0.3, -0.25) is 5.41 Å². The van der Waals surface area contributed by atoms with Crippen LogP contribution in [0.3, 0.4) is 0 Å². The first kappa shape index (κ1) is 17.2. The van der Waals surface area contributed by atoms with Crippen LogP contribution >= 0.6 is 78.5 Å². The lowest BCUT2D eigenvalue weighted by Crippen LogP contribution is -2.09. The standard InChI is InChI=1S/C5H5BrN2S2.C4H3BrN2S2/c1-9-4(7)3-2-10-5(6)8-3;5-4-7-2(1-9-4)3(6)8/h2,7H,1H3;1H,(H2,6,8). The molecule has 0 fully saturated rings. The zero-order chi connectivity index (χ0) is 14.4. The third-order valence-corrected chi connectivity index (χ3v) is 5.20. The first-order chi connectivity index (χ1) is 8.93. The molecular weight excluding hydrogens is 452 g/mol. The molecule has 0 aliphatic carbocycles. The van der Waals surface area contributed by atoms with Crippen LogP contribution in [0.4, 0.5) is 0 Å². The largest absolute Gasteiger partial charge is 0.388 e. The Kier molecular flexibility index (Phi) is 7.62. The third-order valence-electron chi connectivity index (χ3n) is 1.64. The fourth-order valence-corrected chi connectivity index (χ4v) is 3.41. The van der Waals surface area contributed by atoms with Crippen molar-refractivity contribution < 1.29 is 0 Å². The quantitative estimate of drug-likeness (QED) is 0.401. The summed E-state index contributed by atoms with van der Waals surface area (Å²) in [5.41, 5.74) is 6.72. The van der Waals surface area contributed by atoms with Gasteiger partial charge in [-0.05, 0) is 38.1 Å². The van der Waals surface area contributed by atoms with Gasteiger partial charge < -0.3 is 5.73 Å². The Hall–Kier alpha value is 0.130. The van der Waals surface area contributed by atoms with E-state index in [0.717, 1.165) is 13.5 Å². The van der Waals surface area contributed by atoms with Gasteiger partial charge in [-0.1, -0.05) is 12.2 Å². The number of hydrogen-bond acceptors (Lipinski definition) is 7. The molecule has 2 rings (SSSR count). The predicted molar refractivity (Wildman–Crippen MR) is 95.9 cm³/mol. The molecule has 0 spiro atoms. The molecule has 3 N–H and O–H groups in total. The summed E-state index contributed by atoms with van der Waals surface area (Å²) in [6, 6.07) is 0. The van der Waals surface area contributed by atoms with E-state index < -0.39 is 0 Å². The van der Waals surface area contributed by atoms with Gasteiger partial charge in [0.15, 0.2) is 7.83 Å². The van der Waals surface area contributed by atoms with E-state index in [1.54, 1.807) is 0 Å². The minimum atomic E-state index is 0.344. The van der Waals surface area contributed by atoms with E-state index in [-0.39, 0.29) is 0 Å². The van der Waals surface area contributed by atoms with Gasteiger partial charge in [-0.15, -0.1) is 34.4 Å². The highest BCUT2D eigenvalue weighted by Crippen LogP contribution is 2.18. The highest BCUT2D eigenvalue weighted by molar-refractivity contribution is 9.11. The van der Waals surface area contributed by atoms with Crippen molar-refractivity contribution >= 4 is 88.5 Å². The summed E-state index contributed by atoms with van der Waals surface area (Å²) in [6.07, 6.45) is 1.87. The first-order valence-electron chi connectivity index (χ1n) is 4.58. The van der Waals surface area contributed by atoms with Crippen LogP contribution in [-0.2, 0) is 0 Å². The van der Waals surface area contributed by atoms with Gasteiger partial charge in [0.2, 0.25) is 0 Å². The second kappa shape index (κ2) is 8.42. The van der Waals surface area contributed by atoms with Crippen molar-refractivity contribution in [2.24, 2.45) is 5.73 Å². The summed E-state index contributed by atoms with van der Waals surface area (Å²) in [6.45, 7) is 0. The van der Waals surface area contributed by atoms with Gasteiger partial charge in [-0.25, -0.2) is 9.97 Å². The summed E-state index contributed by atoms with van der Waals surface area (Å²) in [5.74, 6) is 0.